The van der Waals surface area contributed by atoms with Gasteiger partial charge in [-0.15, -0.1) is 11.3 Å². The van der Waals surface area contributed by atoms with Gasteiger partial charge in [-0.3, -0.25) is 4.79 Å². The maximum absolute atomic E-state index is 13.0. The molecule has 128 valence electrons. The Balaban J connectivity index is 1.60. The maximum atomic E-state index is 13.0. The summed E-state index contributed by atoms with van der Waals surface area (Å²) < 4.78 is 5.41. The van der Waals surface area contributed by atoms with Crippen molar-refractivity contribution in [2.24, 2.45) is 11.1 Å². The van der Waals surface area contributed by atoms with Crippen molar-refractivity contribution in [2.75, 3.05) is 50.8 Å². The molecular formula is C16H26N4O2S. The minimum atomic E-state index is -0.406. The number of aromatic nitrogens is 1. The zero-order valence-electron chi connectivity index (χ0n) is 13.8. The minimum absolute atomic E-state index is 0.219. The molecule has 0 bridgehead atoms. The Kier molecular flexibility index (Phi) is 5.18. The number of anilines is 1. The molecule has 1 aromatic heterocycles. The molecule has 2 aliphatic rings. The van der Waals surface area contributed by atoms with E-state index in [1.807, 2.05) is 11.1 Å². The molecule has 0 saturated carbocycles. The Bertz CT molecular complexity index is 534. The fourth-order valence-corrected chi connectivity index (χ4v) is 4.21. The van der Waals surface area contributed by atoms with E-state index >= 15 is 0 Å². The van der Waals surface area contributed by atoms with Gasteiger partial charge in [0, 0.05) is 57.0 Å². The van der Waals surface area contributed by atoms with Gasteiger partial charge < -0.3 is 20.3 Å². The Labute approximate surface area is 141 Å². The Morgan fingerprint density at radius 3 is 2.61 bits per heavy atom. The Morgan fingerprint density at radius 2 is 2.04 bits per heavy atom. The number of amides is 1. The number of aryl methyl sites for hydroxylation is 1. The first kappa shape index (κ1) is 16.7. The van der Waals surface area contributed by atoms with Crippen LogP contribution in [0.25, 0.3) is 0 Å². The van der Waals surface area contributed by atoms with Crippen molar-refractivity contribution in [3.05, 3.63) is 11.1 Å². The fourth-order valence-electron chi connectivity index (χ4n) is 3.31. The molecule has 1 amide bonds. The number of thiazole rings is 1. The molecule has 7 heteroatoms. The van der Waals surface area contributed by atoms with Gasteiger partial charge >= 0.3 is 0 Å². The van der Waals surface area contributed by atoms with Gasteiger partial charge in [-0.05, 0) is 19.3 Å². The van der Waals surface area contributed by atoms with Crippen LogP contribution in [0, 0.1) is 5.41 Å². The summed E-state index contributed by atoms with van der Waals surface area (Å²) in [6, 6.07) is 0. The molecule has 0 aliphatic carbocycles. The van der Waals surface area contributed by atoms with Gasteiger partial charge in [0.2, 0.25) is 5.91 Å². The SMILES string of the molecule is CCc1cnc(N2CCN(C(=O)C3(CN)CCOCC3)CC2)s1. The van der Waals surface area contributed by atoms with Gasteiger partial charge in [0.1, 0.15) is 0 Å². The van der Waals surface area contributed by atoms with E-state index in [-0.39, 0.29) is 5.91 Å². The molecule has 2 fully saturated rings. The highest BCUT2D eigenvalue weighted by molar-refractivity contribution is 7.15. The average Bonchev–Trinajstić information content (AvgIpc) is 3.11. The second-order valence-corrected chi connectivity index (χ2v) is 7.43. The number of nitrogens with zero attached hydrogens (tertiary/aromatic N) is 3. The zero-order valence-corrected chi connectivity index (χ0v) is 14.6. The van der Waals surface area contributed by atoms with E-state index < -0.39 is 5.41 Å². The van der Waals surface area contributed by atoms with E-state index in [4.69, 9.17) is 10.5 Å². The van der Waals surface area contributed by atoms with Crippen LogP contribution in [0.1, 0.15) is 24.6 Å². The van der Waals surface area contributed by atoms with Crippen LogP contribution < -0.4 is 10.6 Å². The third kappa shape index (κ3) is 3.36. The number of rotatable bonds is 4. The summed E-state index contributed by atoms with van der Waals surface area (Å²) in [7, 11) is 0. The molecular weight excluding hydrogens is 312 g/mol. The van der Waals surface area contributed by atoms with Crippen LogP contribution in [0.4, 0.5) is 5.13 Å². The molecule has 1 aromatic rings. The number of carbonyl (C=O) groups is 1. The van der Waals surface area contributed by atoms with Gasteiger partial charge in [-0.1, -0.05) is 6.92 Å². The van der Waals surface area contributed by atoms with Crippen LogP contribution in [-0.4, -0.2) is 61.7 Å². The lowest BCUT2D eigenvalue weighted by molar-refractivity contribution is -0.147. The summed E-state index contributed by atoms with van der Waals surface area (Å²) in [4.78, 5) is 23.0. The molecule has 0 radical (unpaired) electrons. The van der Waals surface area contributed by atoms with Crippen molar-refractivity contribution in [1.82, 2.24) is 9.88 Å². The summed E-state index contributed by atoms with van der Waals surface area (Å²) in [5, 5.41) is 1.08. The van der Waals surface area contributed by atoms with Gasteiger partial charge in [-0.2, -0.15) is 0 Å². The van der Waals surface area contributed by atoms with Crippen LogP contribution in [0.5, 0.6) is 0 Å². The van der Waals surface area contributed by atoms with Gasteiger partial charge in [0.25, 0.3) is 0 Å². The number of hydrogen-bond acceptors (Lipinski definition) is 6. The summed E-state index contributed by atoms with van der Waals surface area (Å²) in [5.41, 5.74) is 5.55. The largest absolute Gasteiger partial charge is 0.381 e. The predicted octanol–water partition coefficient (Wildman–Crippen LogP) is 1.11. The number of piperazine rings is 1. The number of hydrogen-bond donors (Lipinski definition) is 1. The third-order valence-electron chi connectivity index (χ3n) is 5.02. The van der Waals surface area contributed by atoms with E-state index in [0.717, 1.165) is 50.6 Å². The predicted molar refractivity (Wildman–Crippen MR) is 91.8 cm³/mol. The fraction of sp³-hybridized carbons (Fsp3) is 0.750. The molecule has 6 nitrogen and oxygen atoms in total. The molecule has 3 heterocycles. The van der Waals surface area contributed by atoms with Crippen molar-refractivity contribution >= 4 is 22.4 Å². The lowest BCUT2D eigenvalue weighted by Gasteiger charge is -2.42. The Morgan fingerprint density at radius 1 is 1.35 bits per heavy atom. The van der Waals surface area contributed by atoms with E-state index in [1.165, 1.54) is 4.88 Å². The summed E-state index contributed by atoms with van der Waals surface area (Å²) >= 11 is 1.76. The minimum Gasteiger partial charge on any atom is -0.381 e. The van der Waals surface area contributed by atoms with Crippen LogP contribution in [-0.2, 0) is 16.0 Å². The van der Waals surface area contributed by atoms with Crippen molar-refractivity contribution in [1.29, 1.82) is 0 Å². The molecule has 2 saturated heterocycles. The second kappa shape index (κ2) is 7.15. The first-order valence-electron chi connectivity index (χ1n) is 8.45. The van der Waals surface area contributed by atoms with E-state index in [2.05, 4.69) is 16.8 Å². The highest BCUT2D eigenvalue weighted by atomic mass is 32.1. The smallest absolute Gasteiger partial charge is 0.230 e. The van der Waals surface area contributed by atoms with Crippen LogP contribution >= 0.6 is 11.3 Å². The van der Waals surface area contributed by atoms with E-state index in [0.29, 0.717) is 19.8 Å². The first-order chi connectivity index (χ1) is 11.2. The number of ether oxygens (including phenoxy) is 1. The molecule has 0 atom stereocenters. The Hall–Kier alpha value is -1.18. The highest BCUT2D eigenvalue weighted by Gasteiger charge is 2.42. The lowest BCUT2D eigenvalue weighted by atomic mass is 9.78. The van der Waals surface area contributed by atoms with E-state index in [9.17, 15) is 4.79 Å². The quantitative estimate of drug-likeness (QED) is 0.890. The second-order valence-electron chi connectivity index (χ2n) is 6.34. The van der Waals surface area contributed by atoms with Gasteiger partial charge in [0.05, 0.1) is 5.41 Å². The molecule has 0 aromatic carbocycles. The summed E-state index contributed by atoms with van der Waals surface area (Å²) in [6.45, 7) is 7.05. The molecule has 0 unspecified atom stereocenters. The van der Waals surface area contributed by atoms with Gasteiger partial charge in [-0.25, -0.2) is 4.98 Å². The van der Waals surface area contributed by atoms with Gasteiger partial charge in [0.15, 0.2) is 5.13 Å². The molecule has 2 aliphatic heterocycles. The lowest BCUT2D eigenvalue weighted by Crippen LogP contribution is -2.56. The molecule has 2 N–H and O–H groups in total. The summed E-state index contributed by atoms with van der Waals surface area (Å²) in [6.07, 6.45) is 4.48. The van der Waals surface area contributed by atoms with Crippen molar-refractivity contribution < 1.29 is 9.53 Å². The number of nitrogens with two attached hydrogens (primary N) is 1. The maximum Gasteiger partial charge on any atom is 0.230 e. The molecule has 23 heavy (non-hydrogen) atoms. The van der Waals surface area contributed by atoms with E-state index in [1.54, 1.807) is 11.3 Å². The monoisotopic (exact) mass is 338 g/mol. The van der Waals surface area contributed by atoms with Crippen LogP contribution in [0.3, 0.4) is 0 Å². The van der Waals surface area contributed by atoms with Crippen LogP contribution in [0.2, 0.25) is 0 Å². The van der Waals surface area contributed by atoms with Crippen molar-refractivity contribution in [3.63, 3.8) is 0 Å². The third-order valence-corrected chi connectivity index (χ3v) is 6.22. The van der Waals surface area contributed by atoms with Crippen molar-refractivity contribution in [2.45, 2.75) is 26.2 Å². The normalized spacial score (nSPS) is 21.5. The topological polar surface area (TPSA) is 71.7 Å². The average molecular weight is 338 g/mol. The standard InChI is InChI=1S/C16H26N4O2S/c1-2-13-11-18-15(23-13)20-7-5-19(6-8-20)14(21)16(12-17)3-9-22-10-4-16/h11H,2-10,12,17H2,1H3. The highest BCUT2D eigenvalue weighted by Crippen LogP contribution is 2.32. The zero-order chi connectivity index (χ0) is 16.3. The first-order valence-corrected chi connectivity index (χ1v) is 9.27. The molecule has 3 rings (SSSR count). The van der Waals surface area contributed by atoms with Crippen molar-refractivity contribution in [3.8, 4) is 0 Å². The number of carbonyl (C=O) groups excluding carboxylic acids is 1. The molecule has 0 spiro atoms. The van der Waals surface area contributed by atoms with Crippen LogP contribution in [0.15, 0.2) is 6.20 Å². The summed E-state index contributed by atoms with van der Waals surface area (Å²) in [5.74, 6) is 0.219.